The molecule has 2 heterocycles. The van der Waals surface area contributed by atoms with Gasteiger partial charge in [0.05, 0.1) is 6.54 Å². The van der Waals surface area contributed by atoms with E-state index < -0.39 is 0 Å². The first-order valence-electron chi connectivity index (χ1n) is 8.06. The third-order valence-electron chi connectivity index (χ3n) is 3.65. The minimum atomic E-state index is 0.459. The van der Waals surface area contributed by atoms with Crippen molar-refractivity contribution in [3.05, 3.63) is 54.2 Å². The van der Waals surface area contributed by atoms with E-state index in [1.165, 1.54) is 0 Å². The zero-order valence-electron chi connectivity index (χ0n) is 13.8. The molecular formula is C18H22N4O2. The van der Waals surface area contributed by atoms with Crippen molar-refractivity contribution in [3.63, 3.8) is 0 Å². The summed E-state index contributed by atoms with van der Waals surface area (Å²) in [5.74, 6) is 2.38. The fourth-order valence-electron chi connectivity index (χ4n) is 2.33. The number of aliphatic imine (C=N–C) groups is 1. The largest absolute Gasteiger partial charge is 0.490 e. The molecule has 1 aliphatic rings. The van der Waals surface area contributed by atoms with Gasteiger partial charge in [-0.1, -0.05) is 24.3 Å². The van der Waals surface area contributed by atoms with Gasteiger partial charge in [-0.25, -0.2) is 4.98 Å². The van der Waals surface area contributed by atoms with Crippen LogP contribution in [0.5, 0.6) is 11.6 Å². The van der Waals surface area contributed by atoms with Crippen molar-refractivity contribution in [1.82, 2.24) is 15.2 Å². The Morgan fingerprint density at radius 2 is 1.92 bits per heavy atom. The van der Waals surface area contributed by atoms with Crippen LogP contribution in [0.25, 0.3) is 0 Å². The molecule has 0 radical (unpaired) electrons. The summed E-state index contributed by atoms with van der Waals surface area (Å²) in [4.78, 5) is 10.8. The molecule has 126 valence electrons. The lowest BCUT2D eigenvalue weighted by molar-refractivity contribution is 0.212. The van der Waals surface area contributed by atoms with Crippen LogP contribution >= 0.6 is 0 Å². The quantitative estimate of drug-likeness (QED) is 0.788. The standard InChI is InChI=1S/C18H22N4O2/c1-22-10-9-19-18(22)21-14-15-7-8-17(20-13-15)24-12-11-23-16-5-3-2-4-6-16/h2-8,13H,9-12,14H2,1H3,(H,19,21). The summed E-state index contributed by atoms with van der Waals surface area (Å²) >= 11 is 0. The summed E-state index contributed by atoms with van der Waals surface area (Å²) in [6.45, 7) is 3.48. The Hall–Kier alpha value is -2.76. The maximum absolute atomic E-state index is 5.59. The molecule has 24 heavy (non-hydrogen) atoms. The molecule has 0 unspecified atom stereocenters. The summed E-state index contributed by atoms with van der Waals surface area (Å²) in [5, 5.41) is 3.31. The van der Waals surface area contributed by atoms with Gasteiger partial charge in [-0.2, -0.15) is 0 Å². The number of rotatable bonds is 7. The summed E-state index contributed by atoms with van der Waals surface area (Å²) in [6, 6.07) is 13.6. The second kappa shape index (κ2) is 8.19. The molecule has 0 saturated carbocycles. The highest BCUT2D eigenvalue weighted by Gasteiger charge is 2.11. The number of para-hydroxylation sites is 1. The van der Waals surface area contributed by atoms with Crippen molar-refractivity contribution in [2.45, 2.75) is 6.54 Å². The smallest absolute Gasteiger partial charge is 0.213 e. The molecule has 3 rings (SSSR count). The number of hydrogen-bond donors (Lipinski definition) is 1. The van der Waals surface area contributed by atoms with Gasteiger partial charge in [0.25, 0.3) is 0 Å². The van der Waals surface area contributed by atoms with E-state index in [-0.39, 0.29) is 0 Å². The maximum Gasteiger partial charge on any atom is 0.213 e. The average molecular weight is 326 g/mol. The highest BCUT2D eigenvalue weighted by Crippen LogP contribution is 2.10. The van der Waals surface area contributed by atoms with E-state index in [1.54, 1.807) is 0 Å². The van der Waals surface area contributed by atoms with Crippen LogP contribution in [-0.4, -0.2) is 49.2 Å². The topological polar surface area (TPSA) is 59.0 Å². The van der Waals surface area contributed by atoms with Gasteiger partial charge in [0, 0.05) is 32.4 Å². The van der Waals surface area contributed by atoms with Crippen molar-refractivity contribution in [2.24, 2.45) is 4.99 Å². The molecule has 0 saturated heterocycles. The Morgan fingerprint density at radius 3 is 2.62 bits per heavy atom. The molecule has 1 N–H and O–H groups in total. The number of hydrogen-bond acceptors (Lipinski definition) is 6. The van der Waals surface area contributed by atoms with E-state index in [1.807, 2.05) is 55.7 Å². The molecular weight excluding hydrogens is 304 g/mol. The normalized spacial score (nSPS) is 13.5. The minimum absolute atomic E-state index is 0.459. The minimum Gasteiger partial charge on any atom is -0.490 e. The zero-order chi connectivity index (χ0) is 16.6. The Bertz CT molecular complexity index is 658. The van der Waals surface area contributed by atoms with Crippen molar-refractivity contribution < 1.29 is 9.47 Å². The Labute approximate surface area is 142 Å². The van der Waals surface area contributed by atoms with Crippen LogP contribution in [-0.2, 0) is 6.54 Å². The molecule has 2 aromatic rings. The molecule has 1 aromatic carbocycles. The third-order valence-corrected chi connectivity index (χ3v) is 3.65. The predicted molar refractivity (Wildman–Crippen MR) is 93.4 cm³/mol. The lowest BCUT2D eigenvalue weighted by atomic mass is 10.3. The van der Waals surface area contributed by atoms with E-state index in [9.17, 15) is 0 Å². The van der Waals surface area contributed by atoms with E-state index in [0.29, 0.717) is 25.6 Å². The fraction of sp³-hybridized carbons (Fsp3) is 0.333. The molecule has 0 atom stereocenters. The monoisotopic (exact) mass is 326 g/mol. The number of ether oxygens (including phenoxy) is 2. The van der Waals surface area contributed by atoms with Crippen LogP contribution in [0.4, 0.5) is 0 Å². The Kier molecular flexibility index (Phi) is 5.50. The van der Waals surface area contributed by atoms with Crippen molar-refractivity contribution in [2.75, 3.05) is 33.4 Å². The van der Waals surface area contributed by atoms with Crippen LogP contribution in [0.1, 0.15) is 5.56 Å². The SMILES string of the molecule is CN1CCN=C1NCc1ccc(OCCOc2ccccc2)nc1. The summed E-state index contributed by atoms with van der Waals surface area (Å²) in [7, 11) is 2.03. The number of guanidine groups is 1. The number of aromatic nitrogens is 1. The van der Waals surface area contributed by atoms with E-state index in [0.717, 1.165) is 30.4 Å². The molecule has 0 spiro atoms. The average Bonchev–Trinajstić information content (AvgIpc) is 3.04. The van der Waals surface area contributed by atoms with Gasteiger partial charge in [-0.05, 0) is 17.7 Å². The summed E-state index contributed by atoms with van der Waals surface area (Å²) < 4.78 is 11.2. The number of likely N-dealkylation sites (N-methyl/N-ethyl adjacent to an activating group) is 1. The highest BCUT2D eigenvalue weighted by atomic mass is 16.5. The van der Waals surface area contributed by atoms with Gasteiger partial charge in [0.2, 0.25) is 5.88 Å². The molecule has 6 heteroatoms. The van der Waals surface area contributed by atoms with E-state index in [2.05, 4.69) is 20.2 Å². The maximum atomic E-state index is 5.59. The van der Waals surface area contributed by atoms with Crippen molar-refractivity contribution in [3.8, 4) is 11.6 Å². The van der Waals surface area contributed by atoms with Crippen LogP contribution in [0, 0.1) is 0 Å². The first-order chi connectivity index (χ1) is 11.8. The van der Waals surface area contributed by atoms with Gasteiger partial charge in [0.15, 0.2) is 5.96 Å². The first-order valence-corrected chi connectivity index (χ1v) is 8.06. The molecule has 1 aromatic heterocycles. The number of nitrogens with zero attached hydrogens (tertiary/aromatic N) is 3. The number of benzene rings is 1. The summed E-state index contributed by atoms with van der Waals surface area (Å²) in [6.07, 6.45) is 1.82. The number of pyridine rings is 1. The molecule has 6 nitrogen and oxygen atoms in total. The Balaban J connectivity index is 1.38. The molecule has 0 amide bonds. The molecule has 0 fully saturated rings. The van der Waals surface area contributed by atoms with Crippen molar-refractivity contribution in [1.29, 1.82) is 0 Å². The van der Waals surface area contributed by atoms with E-state index >= 15 is 0 Å². The van der Waals surface area contributed by atoms with Gasteiger partial charge in [-0.3, -0.25) is 4.99 Å². The molecule has 0 aliphatic carbocycles. The van der Waals surface area contributed by atoms with E-state index in [4.69, 9.17) is 9.47 Å². The van der Waals surface area contributed by atoms with Gasteiger partial charge < -0.3 is 19.7 Å². The van der Waals surface area contributed by atoms with Crippen LogP contribution in [0.15, 0.2) is 53.7 Å². The third kappa shape index (κ3) is 4.62. The van der Waals surface area contributed by atoms with Crippen molar-refractivity contribution >= 4 is 5.96 Å². The number of nitrogens with one attached hydrogen (secondary N) is 1. The highest BCUT2D eigenvalue weighted by molar-refractivity contribution is 5.81. The van der Waals surface area contributed by atoms with Crippen LogP contribution < -0.4 is 14.8 Å². The predicted octanol–water partition coefficient (Wildman–Crippen LogP) is 1.93. The van der Waals surface area contributed by atoms with Crippen LogP contribution in [0.2, 0.25) is 0 Å². The van der Waals surface area contributed by atoms with Gasteiger partial charge >= 0.3 is 0 Å². The van der Waals surface area contributed by atoms with Crippen LogP contribution in [0.3, 0.4) is 0 Å². The van der Waals surface area contributed by atoms with Gasteiger partial charge in [-0.15, -0.1) is 0 Å². The zero-order valence-corrected chi connectivity index (χ0v) is 13.8. The first kappa shape index (κ1) is 16.1. The Morgan fingerprint density at radius 1 is 1.08 bits per heavy atom. The second-order valence-corrected chi connectivity index (χ2v) is 5.50. The summed E-state index contributed by atoms with van der Waals surface area (Å²) in [5.41, 5.74) is 1.09. The fourth-order valence-corrected chi connectivity index (χ4v) is 2.33. The second-order valence-electron chi connectivity index (χ2n) is 5.50. The molecule has 0 bridgehead atoms. The van der Waals surface area contributed by atoms with Gasteiger partial charge in [0.1, 0.15) is 19.0 Å². The lowest BCUT2D eigenvalue weighted by Crippen LogP contribution is -2.35. The lowest BCUT2D eigenvalue weighted by Gasteiger charge is -2.15. The molecule has 1 aliphatic heterocycles.